The minimum atomic E-state index is -0.759. The van der Waals surface area contributed by atoms with Gasteiger partial charge in [0.25, 0.3) is 11.5 Å². The molecule has 0 spiro atoms. The van der Waals surface area contributed by atoms with Crippen molar-refractivity contribution in [3.05, 3.63) is 123 Å². The van der Waals surface area contributed by atoms with Crippen LogP contribution < -0.4 is 11.2 Å². The van der Waals surface area contributed by atoms with Gasteiger partial charge in [-0.25, -0.2) is 9.18 Å². The minimum absolute atomic E-state index is 0.107. The van der Waals surface area contributed by atoms with Crippen LogP contribution in [0.2, 0.25) is 0 Å². The van der Waals surface area contributed by atoms with Crippen molar-refractivity contribution < 1.29 is 9.18 Å². The second kappa shape index (κ2) is 9.22. The highest BCUT2D eigenvalue weighted by Gasteiger charge is 2.20. The molecule has 2 heterocycles. The van der Waals surface area contributed by atoms with Crippen molar-refractivity contribution in [2.24, 2.45) is 0 Å². The van der Waals surface area contributed by atoms with E-state index in [4.69, 9.17) is 0 Å². The number of hydrogen-bond acceptors (Lipinski definition) is 4. The molecule has 4 aromatic rings. The summed E-state index contributed by atoms with van der Waals surface area (Å²) in [5.74, 6) is -0.869. The Hall–Kier alpha value is -4.33. The number of hydrogen-bond donors (Lipinski definition) is 2. The Kier molecular flexibility index (Phi) is 6.03. The van der Waals surface area contributed by atoms with Gasteiger partial charge in [0.2, 0.25) is 0 Å². The first-order valence-corrected chi connectivity index (χ1v) is 9.86. The molecule has 0 aliphatic carbocycles. The lowest BCUT2D eigenvalue weighted by Gasteiger charge is -2.23. The SMILES string of the molecule is O=C(c1cc(=O)[nH]c(=O)[nH]1)N(Cc1ccccc1)Cc1ncccc1-c1ccc(F)cc1. The highest BCUT2D eigenvalue weighted by atomic mass is 19.1. The Labute approximate surface area is 182 Å². The molecular weight excluding hydrogens is 411 g/mol. The van der Waals surface area contributed by atoms with Gasteiger partial charge < -0.3 is 9.88 Å². The summed E-state index contributed by atoms with van der Waals surface area (Å²) < 4.78 is 13.4. The maximum atomic E-state index is 13.4. The van der Waals surface area contributed by atoms with Crippen LogP contribution >= 0.6 is 0 Å². The predicted octanol–water partition coefficient (Wildman–Crippen LogP) is 3.11. The summed E-state index contributed by atoms with van der Waals surface area (Å²) in [5, 5.41) is 0. The fourth-order valence-electron chi connectivity index (χ4n) is 3.39. The van der Waals surface area contributed by atoms with Crippen molar-refractivity contribution >= 4 is 5.91 Å². The first kappa shape index (κ1) is 20.9. The number of pyridine rings is 1. The van der Waals surface area contributed by atoms with Gasteiger partial charge in [0.1, 0.15) is 11.5 Å². The Morgan fingerprint density at radius 2 is 1.66 bits per heavy atom. The van der Waals surface area contributed by atoms with Crippen LogP contribution in [0.1, 0.15) is 21.7 Å². The number of aromatic amines is 2. The fraction of sp³-hybridized carbons (Fsp3) is 0.0833. The predicted molar refractivity (Wildman–Crippen MR) is 117 cm³/mol. The molecule has 7 nitrogen and oxygen atoms in total. The second-order valence-electron chi connectivity index (χ2n) is 7.15. The number of H-pyrrole nitrogens is 2. The maximum absolute atomic E-state index is 13.4. The van der Waals surface area contributed by atoms with E-state index >= 15 is 0 Å². The van der Waals surface area contributed by atoms with Crippen LogP contribution in [0.5, 0.6) is 0 Å². The molecule has 0 saturated carbocycles. The fourth-order valence-corrected chi connectivity index (χ4v) is 3.39. The van der Waals surface area contributed by atoms with Gasteiger partial charge in [-0.1, -0.05) is 48.5 Å². The molecule has 2 aromatic heterocycles. The van der Waals surface area contributed by atoms with Gasteiger partial charge in [-0.3, -0.25) is 19.6 Å². The van der Waals surface area contributed by atoms with Crippen molar-refractivity contribution in [2.75, 3.05) is 0 Å². The first-order chi connectivity index (χ1) is 15.5. The van der Waals surface area contributed by atoms with E-state index in [-0.39, 0.29) is 24.6 Å². The second-order valence-corrected chi connectivity index (χ2v) is 7.15. The molecule has 2 aromatic carbocycles. The minimum Gasteiger partial charge on any atom is -0.327 e. The molecule has 0 fully saturated rings. The van der Waals surface area contributed by atoms with Gasteiger partial charge in [-0.05, 0) is 29.3 Å². The normalized spacial score (nSPS) is 10.7. The number of nitrogens with zero attached hydrogens (tertiary/aromatic N) is 2. The number of rotatable bonds is 6. The Morgan fingerprint density at radius 1 is 0.906 bits per heavy atom. The van der Waals surface area contributed by atoms with E-state index in [1.807, 2.05) is 36.4 Å². The monoisotopic (exact) mass is 430 g/mol. The molecule has 0 saturated heterocycles. The zero-order valence-electron chi connectivity index (χ0n) is 16.9. The molecule has 4 rings (SSSR count). The summed E-state index contributed by atoms with van der Waals surface area (Å²) in [6, 6.07) is 20.0. The highest BCUT2D eigenvalue weighted by molar-refractivity contribution is 5.92. The molecule has 2 N–H and O–H groups in total. The number of nitrogens with one attached hydrogen (secondary N) is 2. The molecule has 1 amide bonds. The lowest BCUT2D eigenvalue weighted by Crippen LogP contribution is -2.34. The summed E-state index contributed by atoms with van der Waals surface area (Å²) in [6.45, 7) is 0.337. The van der Waals surface area contributed by atoms with Gasteiger partial charge in [0, 0.05) is 24.4 Å². The van der Waals surface area contributed by atoms with E-state index in [1.165, 1.54) is 17.0 Å². The molecule has 0 atom stereocenters. The lowest BCUT2D eigenvalue weighted by atomic mass is 10.0. The molecule has 0 radical (unpaired) electrons. The van der Waals surface area contributed by atoms with Crippen LogP contribution in [-0.2, 0) is 13.1 Å². The molecule has 0 aliphatic rings. The van der Waals surface area contributed by atoms with Crippen LogP contribution in [-0.4, -0.2) is 25.8 Å². The largest absolute Gasteiger partial charge is 0.327 e. The maximum Gasteiger partial charge on any atom is 0.326 e. The van der Waals surface area contributed by atoms with Crippen molar-refractivity contribution in [2.45, 2.75) is 13.1 Å². The quantitative estimate of drug-likeness (QED) is 0.491. The highest BCUT2D eigenvalue weighted by Crippen LogP contribution is 2.24. The van der Waals surface area contributed by atoms with E-state index < -0.39 is 17.2 Å². The van der Waals surface area contributed by atoms with Crippen molar-refractivity contribution in [3.8, 4) is 11.1 Å². The molecule has 32 heavy (non-hydrogen) atoms. The van der Waals surface area contributed by atoms with Gasteiger partial charge >= 0.3 is 5.69 Å². The Balaban J connectivity index is 1.73. The molecule has 160 valence electrons. The smallest absolute Gasteiger partial charge is 0.326 e. The number of aromatic nitrogens is 3. The van der Waals surface area contributed by atoms with E-state index in [0.717, 1.165) is 22.8 Å². The summed E-state index contributed by atoms with van der Waals surface area (Å²) in [5.41, 5.74) is 1.42. The third-order valence-electron chi connectivity index (χ3n) is 4.88. The average Bonchev–Trinajstić information content (AvgIpc) is 2.79. The van der Waals surface area contributed by atoms with Gasteiger partial charge in [0.15, 0.2) is 0 Å². The third kappa shape index (κ3) is 4.86. The molecule has 0 unspecified atom stereocenters. The summed E-state index contributed by atoms with van der Waals surface area (Å²) in [6.07, 6.45) is 1.61. The first-order valence-electron chi connectivity index (χ1n) is 9.86. The number of amides is 1. The Morgan fingerprint density at radius 3 is 2.38 bits per heavy atom. The topological polar surface area (TPSA) is 98.9 Å². The van der Waals surface area contributed by atoms with Crippen LogP contribution in [0.4, 0.5) is 4.39 Å². The van der Waals surface area contributed by atoms with Crippen LogP contribution in [0, 0.1) is 5.82 Å². The van der Waals surface area contributed by atoms with Crippen LogP contribution in [0.25, 0.3) is 11.1 Å². The Bertz CT molecular complexity index is 1320. The molecule has 8 heteroatoms. The van der Waals surface area contributed by atoms with Crippen LogP contribution in [0.15, 0.2) is 88.6 Å². The van der Waals surface area contributed by atoms with E-state index in [2.05, 4.69) is 15.0 Å². The van der Waals surface area contributed by atoms with E-state index in [0.29, 0.717) is 5.69 Å². The van der Waals surface area contributed by atoms with Crippen molar-refractivity contribution in [1.82, 2.24) is 19.9 Å². The molecule has 0 aliphatic heterocycles. The van der Waals surface area contributed by atoms with Crippen molar-refractivity contribution in [1.29, 1.82) is 0 Å². The van der Waals surface area contributed by atoms with Gasteiger partial charge in [-0.2, -0.15) is 0 Å². The lowest BCUT2D eigenvalue weighted by molar-refractivity contribution is 0.0721. The average molecular weight is 430 g/mol. The molecular formula is C24H19FN4O3. The zero-order chi connectivity index (χ0) is 22.5. The summed E-state index contributed by atoms with van der Waals surface area (Å²) in [7, 11) is 0. The third-order valence-corrected chi connectivity index (χ3v) is 4.88. The summed E-state index contributed by atoms with van der Waals surface area (Å²) >= 11 is 0. The van der Waals surface area contributed by atoms with Gasteiger partial charge in [0.05, 0.1) is 12.2 Å². The number of carbonyl (C=O) groups is 1. The standard InChI is InChI=1S/C24H19FN4O3/c25-18-10-8-17(9-11-18)19-7-4-12-26-21(19)15-29(14-16-5-2-1-3-6-16)23(31)20-13-22(30)28-24(32)27-20/h1-13H,14-15H2,(H2,27,28,30,32). The van der Waals surface area contributed by atoms with E-state index in [9.17, 15) is 18.8 Å². The van der Waals surface area contributed by atoms with Crippen LogP contribution in [0.3, 0.4) is 0 Å². The van der Waals surface area contributed by atoms with Gasteiger partial charge in [-0.15, -0.1) is 0 Å². The van der Waals surface area contributed by atoms with Crippen molar-refractivity contribution in [3.63, 3.8) is 0 Å². The zero-order valence-corrected chi connectivity index (χ0v) is 16.9. The summed E-state index contributed by atoms with van der Waals surface area (Å²) in [4.78, 5) is 47.1. The molecule has 0 bridgehead atoms. The number of halogens is 1. The van der Waals surface area contributed by atoms with E-state index in [1.54, 1.807) is 24.4 Å². The number of benzene rings is 2. The number of carbonyl (C=O) groups excluding carboxylic acids is 1.